The Labute approximate surface area is 190 Å². The minimum absolute atomic E-state index is 0.166. The molecule has 1 amide bonds. The zero-order valence-corrected chi connectivity index (χ0v) is 18.9. The molecule has 2 aromatic rings. The van der Waals surface area contributed by atoms with Crippen molar-refractivity contribution in [3.05, 3.63) is 58.1 Å². The van der Waals surface area contributed by atoms with Gasteiger partial charge in [-0.2, -0.15) is 0 Å². The van der Waals surface area contributed by atoms with Crippen LogP contribution >= 0.6 is 35.4 Å². The van der Waals surface area contributed by atoms with Crippen molar-refractivity contribution in [1.82, 2.24) is 5.32 Å². The maximum Gasteiger partial charge on any atom is 0.338 e. The number of carbonyl (C=O) groups excluding carboxylic acids is 2. The van der Waals surface area contributed by atoms with Crippen LogP contribution in [-0.4, -0.2) is 29.7 Å². The Morgan fingerprint density at radius 1 is 1.10 bits per heavy atom. The Hall–Kier alpha value is -2.35. The molecule has 0 heterocycles. The number of halogens is 2. The van der Waals surface area contributed by atoms with Gasteiger partial charge in [-0.1, -0.05) is 23.2 Å². The van der Waals surface area contributed by atoms with E-state index in [0.717, 1.165) is 0 Å². The molecule has 2 N–H and O–H groups in total. The highest BCUT2D eigenvalue weighted by atomic mass is 35.5. The lowest BCUT2D eigenvalue weighted by atomic mass is 10.2. The second-order valence-corrected chi connectivity index (χ2v) is 7.81. The zero-order valence-electron chi connectivity index (χ0n) is 16.5. The Morgan fingerprint density at radius 3 is 2.43 bits per heavy atom. The molecular weight excluding hydrogens is 447 g/mol. The minimum Gasteiger partial charge on any atom is -0.492 e. The summed E-state index contributed by atoms with van der Waals surface area (Å²) in [5.41, 5.74) is 1.08. The fraction of sp³-hybridized carbons (Fsp3) is 0.286. The first-order valence-corrected chi connectivity index (χ1v) is 10.4. The number of ether oxygens (including phenoxy) is 2. The summed E-state index contributed by atoms with van der Waals surface area (Å²) in [7, 11) is 0. The minimum atomic E-state index is -0.394. The van der Waals surface area contributed by atoms with E-state index in [1.54, 1.807) is 56.3 Å². The Balaban J connectivity index is 1.71. The second kappa shape index (κ2) is 11.7. The molecule has 0 aliphatic carbocycles. The average Bonchev–Trinajstić information content (AvgIpc) is 2.66. The quantitative estimate of drug-likeness (QED) is 0.313. The first kappa shape index (κ1) is 23.9. The topological polar surface area (TPSA) is 76.7 Å². The van der Waals surface area contributed by atoms with E-state index in [9.17, 15) is 9.59 Å². The summed E-state index contributed by atoms with van der Waals surface area (Å²) in [6, 6.07) is 11.6. The van der Waals surface area contributed by atoms with E-state index in [1.807, 2.05) is 0 Å². The summed E-state index contributed by atoms with van der Waals surface area (Å²) in [5, 5.41) is 6.60. The van der Waals surface area contributed by atoms with Crippen LogP contribution in [0.1, 0.15) is 37.0 Å². The summed E-state index contributed by atoms with van der Waals surface area (Å²) in [6.07, 6.45) is 0.527. The van der Waals surface area contributed by atoms with Gasteiger partial charge in [0.25, 0.3) is 0 Å². The van der Waals surface area contributed by atoms with Crippen molar-refractivity contribution in [2.45, 2.75) is 32.8 Å². The van der Waals surface area contributed by atoms with Crippen LogP contribution in [0.2, 0.25) is 10.0 Å². The van der Waals surface area contributed by atoms with Gasteiger partial charge >= 0.3 is 5.97 Å². The highest BCUT2D eigenvalue weighted by Gasteiger charge is 2.10. The number of thiocarbonyl (C=S) groups is 1. The molecule has 0 saturated carbocycles. The number of esters is 1. The van der Waals surface area contributed by atoms with E-state index in [-0.39, 0.29) is 23.5 Å². The molecule has 0 aliphatic rings. The smallest absolute Gasteiger partial charge is 0.338 e. The van der Waals surface area contributed by atoms with Gasteiger partial charge < -0.3 is 20.1 Å². The van der Waals surface area contributed by atoms with Crippen molar-refractivity contribution in [3.8, 4) is 5.75 Å². The van der Waals surface area contributed by atoms with E-state index in [2.05, 4.69) is 10.6 Å². The largest absolute Gasteiger partial charge is 0.492 e. The van der Waals surface area contributed by atoms with Gasteiger partial charge in [-0.15, -0.1) is 0 Å². The van der Waals surface area contributed by atoms with Crippen LogP contribution in [0, 0.1) is 0 Å². The van der Waals surface area contributed by atoms with Crippen molar-refractivity contribution in [2.75, 3.05) is 11.9 Å². The van der Waals surface area contributed by atoms with Crippen molar-refractivity contribution < 1.29 is 19.1 Å². The van der Waals surface area contributed by atoms with E-state index >= 15 is 0 Å². The van der Waals surface area contributed by atoms with Crippen LogP contribution in [0.25, 0.3) is 0 Å². The Morgan fingerprint density at radius 2 is 1.80 bits per heavy atom. The first-order chi connectivity index (χ1) is 14.2. The monoisotopic (exact) mass is 468 g/mol. The Bertz CT molecular complexity index is 904. The molecule has 0 aromatic heterocycles. The third kappa shape index (κ3) is 8.18. The maximum absolute atomic E-state index is 12.0. The van der Waals surface area contributed by atoms with Crippen LogP contribution in [0.15, 0.2) is 42.5 Å². The van der Waals surface area contributed by atoms with Crippen molar-refractivity contribution >= 4 is 58.1 Å². The molecule has 0 radical (unpaired) electrons. The van der Waals surface area contributed by atoms with E-state index < -0.39 is 5.97 Å². The van der Waals surface area contributed by atoms with E-state index in [0.29, 0.717) is 40.1 Å². The molecule has 30 heavy (non-hydrogen) atoms. The van der Waals surface area contributed by atoms with Crippen molar-refractivity contribution in [2.24, 2.45) is 0 Å². The Kier molecular flexibility index (Phi) is 9.36. The third-order valence-electron chi connectivity index (χ3n) is 3.67. The van der Waals surface area contributed by atoms with Crippen LogP contribution in [-0.2, 0) is 9.53 Å². The highest BCUT2D eigenvalue weighted by Crippen LogP contribution is 2.27. The first-order valence-electron chi connectivity index (χ1n) is 9.24. The SMILES string of the molecule is CC(C)OC(=O)c1ccc(NC(=S)NC(=O)CCCOc2ccc(Cl)cc2Cl)cc1. The second-order valence-electron chi connectivity index (χ2n) is 6.56. The molecule has 160 valence electrons. The van der Waals surface area contributed by atoms with E-state index in [1.165, 1.54) is 0 Å². The molecule has 0 aliphatic heterocycles. The molecule has 2 rings (SSSR count). The molecular formula is C21H22Cl2N2O4S. The fourth-order valence-electron chi connectivity index (χ4n) is 2.33. The number of anilines is 1. The number of nitrogens with one attached hydrogen (secondary N) is 2. The van der Waals surface area contributed by atoms with Crippen LogP contribution in [0.4, 0.5) is 5.69 Å². The molecule has 9 heteroatoms. The predicted octanol–water partition coefficient (Wildman–Crippen LogP) is 5.23. The average molecular weight is 469 g/mol. The van der Waals surface area contributed by atoms with Gasteiger partial charge in [-0.25, -0.2) is 4.79 Å². The number of carbonyl (C=O) groups is 2. The normalized spacial score (nSPS) is 10.4. The number of benzene rings is 2. The van der Waals surface area contributed by atoms with Gasteiger partial charge in [0, 0.05) is 17.1 Å². The molecule has 6 nitrogen and oxygen atoms in total. The summed E-state index contributed by atoms with van der Waals surface area (Å²) in [6.45, 7) is 3.89. The van der Waals surface area contributed by atoms with E-state index in [4.69, 9.17) is 44.9 Å². The molecule has 0 fully saturated rings. The van der Waals surface area contributed by atoms with Crippen molar-refractivity contribution in [3.63, 3.8) is 0 Å². The van der Waals surface area contributed by atoms with Gasteiger partial charge in [-0.3, -0.25) is 4.79 Å². The van der Waals surface area contributed by atoms with Gasteiger partial charge in [0.05, 0.1) is 23.3 Å². The summed E-state index contributed by atoms with van der Waals surface area (Å²) < 4.78 is 10.7. The lowest BCUT2D eigenvalue weighted by Gasteiger charge is -2.11. The summed E-state index contributed by atoms with van der Waals surface area (Å²) >= 11 is 17.0. The standard InChI is InChI=1S/C21H22Cl2N2O4S/c1-13(2)29-20(27)14-5-8-16(9-6-14)24-21(30)25-19(26)4-3-11-28-18-10-7-15(22)12-17(18)23/h5-10,12-13H,3-4,11H2,1-2H3,(H2,24,25,26,30). The molecule has 0 bridgehead atoms. The third-order valence-corrected chi connectivity index (χ3v) is 4.41. The number of amides is 1. The molecule has 0 saturated heterocycles. The van der Waals surface area contributed by atoms with Gasteiger partial charge in [0.2, 0.25) is 5.91 Å². The molecule has 0 unspecified atom stereocenters. The summed E-state index contributed by atoms with van der Waals surface area (Å²) in [4.78, 5) is 23.8. The predicted molar refractivity (Wildman–Crippen MR) is 123 cm³/mol. The number of hydrogen-bond acceptors (Lipinski definition) is 5. The molecule has 2 aromatic carbocycles. The molecule has 0 atom stereocenters. The van der Waals surface area contributed by atoms with Gasteiger partial charge in [-0.05, 0) is 75.0 Å². The number of rotatable bonds is 8. The van der Waals surface area contributed by atoms with Crippen LogP contribution in [0.3, 0.4) is 0 Å². The lowest BCUT2D eigenvalue weighted by molar-refractivity contribution is -0.119. The van der Waals surface area contributed by atoms with Gasteiger partial charge in [0.1, 0.15) is 5.75 Å². The lowest BCUT2D eigenvalue weighted by Crippen LogP contribution is -2.34. The highest BCUT2D eigenvalue weighted by molar-refractivity contribution is 7.80. The van der Waals surface area contributed by atoms with Gasteiger partial charge in [0.15, 0.2) is 5.11 Å². The maximum atomic E-state index is 12.0. The fourth-order valence-corrected chi connectivity index (χ4v) is 3.03. The number of hydrogen-bond donors (Lipinski definition) is 2. The summed E-state index contributed by atoms with van der Waals surface area (Å²) in [5.74, 6) is -0.121. The van der Waals surface area contributed by atoms with Crippen LogP contribution in [0.5, 0.6) is 5.75 Å². The van der Waals surface area contributed by atoms with Crippen molar-refractivity contribution in [1.29, 1.82) is 0 Å². The van der Waals surface area contributed by atoms with Crippen LogP contribution < -0.4 is 15.4 Å². The molecule has 0 spiro atoms. The zero-order chi connectivity index (χ0) is 22.1.